The van der Waals surface area contributed by atoms with E-state index in [1.54, 1.807) is 24.8 Å². The van der Waals surface area contributed by atoms with Crippen molar-refractivity contribution in [2.45, 2.75) is 31.3 Å². The number of thioether (sulfide) groups is 1. The van der Waals surface area contributed by atoms with Crippen molar-refractivity contribution in [3.05, 3.63) is 28.8 Å². The standard InChI is InChI=1S/C13H17ClO3S/c1-2-17-13(16)4-3-7-18-11-5-6-12(14)10(8-11)9-15/h5-6,8,15H,2-4,7,9H2,1H3. The van der Waals surface area contributed by atoms with E-state index in [1.165, 1.54) is 0 Å². The van der Waals surface area contributed by atoms with Crippen molar-refractivity contribution in [2.24, 2.45) is 0 Å². The van der Waals surface area contributed by atoms with Crippen molar-refractivity contribution >= 4 is 29.3 Å². The van der Waals surface area contributed by atoms with Gasteiger partial charge < -0.3 is 9.84 Å². The maximum absolute atomic E-state index is 11.1. The van der Waals surface area contributed by atoms with Crippen LogP contribution in [0.2, 0.25) is 5.02 Å². The van der Waals surface area contributed by atoms with Crippen LogP contribution in [0.1, 0.15) is 25.3 Å². The Morgan fingerprint density at radius 1 is 1.50 bits per heavy atom. The molecule has 0 heterocycles. The quantitative estimate of drug-likeness (QED) is 0.475. The van der Waals surface area contributed by atoms with Gasteiger partial charge in [-0.25, -0.2) is 0 Å². The van der Waals surface area contributed by atoms with Gasteiger partial charge in [-0.1, -0.05) is 11.6 Å². The van der Waals surface area contributed by atoms with Crippen LogP contribution >= 0.6 is 23.4 Å². The van der Waals surface area contributed by atoms with Crippen molar-refractivity contribution < 1.29 is 14.6 Å². The average molecular weight is 289 g/mol. The molecule has 0 aromatic heterocycles. The lowest BCUT2D eigenvalue weighted by Crippen LogP contribution is -2.03. The Balaban J connectivity index is 2.33. The molecule has 0 radical (unpaired) electrons. The lowest BCUT2D eigenvalue weighted by Gasteiger charge is -2.05. The van der Waals surface area contributed by atoms with E-state index in [9.17, 15) is 4.79 Å². The van der Waals surface area contributed by atoms with Gasteiger partial charge in [0.1, 0.15) is 0 Å². The zero-order valence-corrected chi connectivity index (χ0v) is 11.9. The highest BCUT2D eigenvalue weighted by atomic mass is 35.5. The molecule has 0 amide bonds. The Morgan fingerprint density at radius 3 is 2.94 bits per heavy atom. The molecule has 0 bridgehead atoms. The molecule has 0 aliphatic rings. The molecular formula is C13H17ClO3S. The monoisotopic (exact) mass is 288 g/mol. The summed E-state index contributed by atoms with van der Waals surface area (Å²) in [7, 11) is 0. The van der Waals surface area contributed by atoms with Crippen LogP contribution < -0.4 is 0 Å². The van der Waals surface area contributed by atoms with E-state index < -0.39 is 0 Å². The van der Waals surface area contributed by atoms with E-state index in [0.29, 0.717) is 18.1 Å². The summed E-state index contributed by atoms with van der Waals surface area (Å²) in [5.74, 6) is 0.691. The van der Waals surface area contributed by atoms with E-state index in [4.69, 9.17) is 21.4 Å². The van der Waals surface area contributed by atoms with Crippen LogP contribution in [0.25, 0.3) is 0 Å². The second-order valence-electron chi connectivity index (χ2n) is 3.67. The Morgan fingerprint density at radius 2 is 2.28 bits per heavy atom. The predicted octanol–water partition coefficient (Wildman–Crippen LogP) is 3.27. The van der Waals surface area contributed by atoms with Crippen molar-refractivity contribution in [1.82, 2.24) is 0 Å². The molecule has 3 nitrogen and oxygen atoms in total. The van der Waals surface area contributed by atoms with Crippen molar-refractivity contribution in [2.75, 3.05) is 12.4 Å². The third-order valence-electron chi connectivity index (χ3n) is 2.29. The van der Waals surface area contributed by atoms with Crippen molar-refractivity contribution in [1.29, 1.82) is 0 Å². The molecule has 1 N–H and O–H groups in total. The number of halogens is 1. The summed E-state index contributed by atoms with van der Waals surface area (Å²) < 4.78 is 4.85. The van der Waals surface area contributed by atoms with E-state index in [0.717, 1.165) is 22.6 Å². The summed E-state index contributed by atoms with van der Waals surface area (Å²) in [4.78, 5) is 12.2. The third-order valence-corrected chi connectivity index (χ3v) is 3.74. The first kappa shape index (κ1) is 15.3. The molecule has 1 aromatic rings. The maximum atomic E-state index is 11.1. The summed E-state index contributed by atoms with van der Waals surface area (Å²) in [6.45, 7) is 2.18. The van der Waals surface area contributed by atoms with Crippen molar-refractivity contribution in [3.63, 3.8) is 0 Å². The van der Waals surface area contributed by atoms with Crippen LogP contribution in [0.15, 0.2) is 23.1 Å². The van der Waals surface area contributed by atoms with Crippen LogP contribution in [-0.2, 0) is 16.1 Å². The molecule has 0 saturated heterocycles. The van der Waals surface area contributed by atoms with Gasteiger partial charge in [0.15, 0.2) is 0 Å². The highest BCUT2D eigenvalue weighted by Gasteiger charge is 2.04. The Kier molecular flexibility index (Phi) is 7.16. The molecule has 0 atom stereocenters. The molecule has 1 aromatic carbocycles. The predicted molar refractivity (Wildman–Crippen MR) is 74.0 cm³/mol. The lowest BCUT2D eigenvalue weighted by atomic mass is 10.2. The number of benzene rings is 1. The molecular weight excluding hydrogens is 272 g/mol. The van der Waals surface area contributed by atoms with Crippen LogP contribution in [-0.4, -0.2) is 23.4 Å². The van der Waals surface area contributed by atoms with Gasteiger partial charge in [0.2, 0.25) is 0 Å². The molecule has 0 aliphatic heterocycles. The van der Waals surface area contributed by atoms with Gasteiger partial charge in [-0.05, 0) is 42.9 Å². The van der Waals surface area contributed by atoms with E-state index in [-0.39, 0.29) is 12.6 Å². The first-order chi connectivity index (χ1) is 8.67. The number of carbonyl (C=O) groups is 1. The first-order valence-corrected chi connectivity index (χ1v) is 7.21. The molecule has 1 rings (SSSR count). The SMILES string of the molecule is CCOC(=O)CCCSc1ccc(Cl)c(CO)c1. The summed E-state index contributed by atoms with van der Waals surface area (Å²) >= 11 is 7.54. The number of aliphatic hydroxyl groups excluding tert-OH is 1. The fourth-order valence-electron chi connectivity index (χ4n) is 1.40. The van der Waals surface area contributed by atoms with Gasteiger partial charge in [-0.15, -0.1) is 11.8 Å². The maximum Gasteiger partial charge on any atom is 0.305 e. The normalized spacial score (nSPS) is 10.4. The van der Waals surface area contributed by atoms with Crippen LogP contribution in [0, 0.1) is 0 Å². The number of aliphatic hydroxyl groups is 1. The highest BCUT2D eigenvalue weighted by molar-refractivity contribution is 7.99. The number of rotatable bonds is 7. The Hall–Kier alpha value is -0.710. The molecule has 100 valence electrons. The van der Waals surface area contributed by atoms with Crippen LogP contribution in [0.3, 0.4) is 0 Å². The zero-order chi connectivity index (χ0) is 13.4. The van der Waals surface area contributed by atoms with Gasteiger partial charge in [-0.3, -0.25) is 4.79 Å². The van der Waals surface area contributed by atoms with Gasteiger partial charge in [-0.2, -0.15) is 0 Å². The third kappa shape index (κ3) is 5.29. The Labute approximate surface area is 116 Å². The summed E-state index contributed by atoms with van der Waals surface area (Å²) in [6, 6.07) is 5.56. The average Bonchev–Trinajstić information content (AvgIpc) is 2.37. The minimum absolute atomic E-state index is 0.0595. The smallest absolute Gasteiger partial charge is 0.305 e. The van der Waals surface area contributed by atoms with E-state index >= 15 is 0 Å². The summed E-state index contributed by atoms with van der Waals surface area (Å²) in [5, 5.41) is 9.67. The molecule has 0 unspecified atom stereocenters. The van der Waals surface area contributed by atoms with Crippen LogP contribution in [0.5, 0.6) is 0 Å². The molecule has 5 heteroatoms. The second-order valence-corrected chi connectivity index (χ2v) is 5.24. The molecule has 0 fully saturated rings. The highest BCUT2D eigenvalue weighted by Crippen LogP contribution is 2.25. The van der Waals surface area contributed by atoms with Gasteiger partial charge >= 0.3 is 5.97 Å². The van der Waals surface area contributed by atoms with Gasteiger partial charge in [0, 0.05) is 16.3 Å². The topological polar surface area (TPSA) is 46.5 Å². The van der Waals surface area contributed by atoms with Crippen LogP contribution in [0.4, 0.5) is 0 Å². The summed E-state index contributed by atoms with van der Waals surface area (Å²) in [6.07, 6.45) is 1.22. The van der Waals surface area contributed by atoms with Crippen molar-refractivity contribution in [3.8, 4) is 0 Å². The fourth-order valence-corrected chi connectivity index (χ4v) is 2.49. The minimum Gasteiger partial charge on any atom is -0.466 e. The van der Waals surface area contributed by atoms with Gasteiger partial charge in [0.05, 0.1) is 13.2 Å². The molecule has 0 saturated carbocycles. The second kappa shape index (κ2) is 8.40. The number of carbonyl (C=O) groups excluding carboxylic acids is 1. The summed E-state index contributed by atoms with van der Waals surface area (Å²) in [5.41, 5.74) is 0.729. The number of ether oxygens (including phenoxy) is 1. The number of hydrogen-bond acceptors (Lipinski definition) is 4. The minimum atomic E-state index is -0.148. The largest absolute Gasteiger partial charge is 0.466 e. The number of hydrogen-bond donors (Lipinski definition) is 1. The first-order valence-electron chi connectivity index (χ1n) is 5.85. The Bertz CT molecular complexity index is 396. The lowest BCUT2D eigenvalue weighted by molar-refractivity contribution is -0.143. The fraction of sp³-hybridized carbons (Fsp3) is 0.462. The number of esters is 1. The molecule has 18 heavy (non-hydrogen) atoms. The van der Waals surface area contributed by atoms with E-state index in [1.807, 2.05) is 12.1 Å². The van der Waals surface area contributed by atoms with E-state index in [2.05, 4.69) is 0 Å². The molecule has 0 aliphatic carbocycles. The molecule has 0 spiro atoms. The zero-order valence-electron chi connectivity index (χ0n) is 10.3. The van der Waals surface area contributed by atoms with Gasteiger partial charge in [0.25, 0.3) is 0 Å².